The minimum absolute atomic E-state index is 0.0175. The molecule has 0 saturated heterocycles. The number of aromatic amines is 1. The molecule has 6 nitrogen and oxygen atoms in total. The van der Waals surface area contributed by atoms with Crippen molar-refractivity contribution in [3.8, 4) is 0 Å². The van der Waals surface area contributed by atoms with Gasteiger partial charge in [-0.05, 0) is 24.5 Å². The van der Waals surface area contributed by atoms with Crippen molar-refractivity contribution >= 4 is 22.8 Å². The van der Waals surface area contributed by atoms with Gasteiger partial charge in [-0.2, -0.15) is 0 Å². The third-order valence-electron chi connectivity index (χ3n) is 4.71. The van der Waals surface area contributed by atoms with Gasteiger partial charge in [-0.1, -0.05) is 46.2 Å². The van der Waals surface area contributed by atoms with Gasteiger partial charge in [-0.3, -0.25) is 9.59 Å². The summed E-state index contributed by atoms with van der Waals surface area (Å²) in [5, 5.41) is 5.70. The number of hydrogen-bond acceptors (Lipinski definition) is 3. The number of amides is 2. The summed E-state index contributed by atoms with van der Waals surface area (Å²) in [5.41, 5.74) is 1.83. The molecule has 1 heterocycles. The third-order valence-corrected chi connectivity index (χ3v) is 4.71. The van der Waals surface area contributed by atoms with Crippen LogP contribution in [0.4, 0.5) is 0 Å². The van der Waals surface area contributed by atoms with Crippen LogP contribution in [0.3, 0.4) is 0 Å². The Bertz CT molecular complexity index is 692. The van der Waals surface area contributed by atoms with E-state index in [-0.39, 0.29) is 36.2 Å². The van der Waals surface area contributed by atoms with E-state index in [1.807, 2.05) is 38.1 Å². The second-order valence-electron chi connectivity index (χ2n) is 6.60. The number of nitrogens with zero attached hydrogens (tertiary/aromatic N) is 1. The number of nitrogens with one attached hydrogen (secondary N) is 3. The van der Waals surface area contributed by atoms with Crippen molar-refractivity contribution in [2.45, 2.75) is 46.6 Å². The molecule has 1 aromatic carbocycles. The lowest BCUT2D eigenvalue weighted by Crippen LogP contribution is -2.42. The molecular weight excluding hydrogens is 316 g/mol. The Morgan fingerprint density at radius 3 is 2.52 bits per heavy atom. The van der Waals surface area contributed by atoms with Crippen LogP contribution < -0.4 is 10.6 Å². The van der Waals surface area contributed by atoms with Crippen molar-refractivity contribution in [3.05, 3.63) is 30.1 Å². The van der Waals surface area contributed by atoms with Crippen molar-refractivity contribution in [3.63, 3.8) is 0 Å². The molecule has 3 N–H and O–H groups in total. The predicted octanol–water partition coefficient (Wildman–Crippen LogP) is 2.93. The summed E-state index contributed by atoms with van der Waals surface area (Å²) in [5.74, 6) is 0.573. The molecule has 2 rings (SSSR count). The lowest BCUT2D eigenvalue weighted by atomic mass is 9.98. The highest BCUT2D eigenvalue weighted by atomic mass is 16.2. The molecule has 3 atom stereocenters. The molecule has 2 amide bonds. The summed E-state index contributed by atoms with van der Waals surface area (Å²) >= 11 is 0. The topological polar surface area (TPSA) is 86.9 Å². The number of benzene rings is 1. The van der Waals surface area contributed by atoms with Gasteiger partial charge in [0.05, 0.1) is 23.6 Å². The molecule has 0 aliphatic carbocycles. The summed E-state index contributed by atoms with van der Waals surface area (Å²) < 4.78 is 0. The molecular formula is C19H28N4O2. The fraction of sp³-hybridized carbons (Fsp3) is 0.526. The molecule has 0 bridgehead atoms. The van der Waals surface area contributed by atoms with E-state index < -0.39 is 0 Å². The largest absolute Gasteiger partial charge is 0.347 e. The second-order valence-corrected chi connectivity index (χ2v) is 6.60. The molecule has 2 aromatic rings. The number of carbonyl (C=O) groups is 2. The van der Waals surface area contributed by atoms with Crippen LogP contribution >= 0.6 is 0 Å². The average molecular weight is 344 g/mol. The number of H-pyrrole nitrogens is 1. The maximum Gasteiger partial charge on any atom is 0.239 e. The van der Waals surface area contributed by atoms with Crippen molar-refractivity contribution in [1.82, 2.24) is 20.6 Å². The third kappa shape index (κ3) is 4.81. The normalized spacial score (nSPS) is 14.7. The summed E-state index contributed by atoms with van der Waals surface area (Å²) in [6.45, 7) is 7.94. The minimum Gasteiger partial charge on any atom is -0.347 e. The predicted molar refractivity (Wildman–Crippen MR) is 98.9 cm³/mol. The number of imidazole rings is 1. The Hall–Kier alpha value is -2.37. The van der Waals surface area contributed by atoms with E-state index in [0.29, 0.717) is 0 Å². The first-order valence-corrected chi connectivity index (χ1v) is 8.97. The first kappa shape index (κ1) is 19.0. The quantitative estimate of drug-likeness (QED) is 0.688. The summed E-state index contributed by atoms with van der Waals surface area (Å²) in [6, 6.07) is 7.58. The first-order chi connectivity index (χ1) is 12.0. The van der Waals surface area contributed by atoms with Crippen molar-refractivity contribution in [1.29, 1.82) is 0 Å². The smallest absolute Gasteiger partial charge is 0.239 e. The van der Waals surface area contributed by atoms with Crippen LogP contribution in [-0.4, -0.2) is 28.3 Å². The molecule has 3 unspecified atom stereocenters. The molecule has 25 heavy (non-hydrogen) atoms. The van der Waals surface area contributed by atoms with E-state index >= 15 is 0 Å². The van der Waals surface area contributed by atoms with E-state index in [0.717, 1.165) is 29.7 Å². The van der Waals surface area contributed by atoms with Gasteiger partial charge in [0.15, 0.2) is 0 Å². The highest BCUT2D eigenvalue weighted by Gasteiger charge is 2.24. The number of carbonyl (C=O) groups excluding carboxylic acids is 2. The lowest BCUT2D eigenvalue weighted by Gasteiger charge is -2.22. The molecule has 136 valence electrons. The van der Waals surface area contributed by atoms with Gasteiger partial charge >= 0.3 is 0 Å². The van der Waals surface area contributed by atoms with Gasteiger partial charge < -0.3 is 15.6 Å². The maximum atomic E-state index is 12.3. The highest BCUT2D eigenvalue weighted by Crippen LogP contribution is 2.24. The van der Waals surface area contributed by atoms with Gasteiger partial charge in [0.25, 0.3) is 0 Å². The van der Waals surface area contributed by atoms with E-state index in [1.165, 1.54) is 0 Å². The van der Waals surface area contributed by atoms with Crippen LogP contribution in [-0.2, 0) is 9.59 Å². The molecule has 1 aromatic heterocycles. The fourth-order valence-corrected chi connectivity index (χ4v) is 2.59. The van der Waals surface area contributed by atoms with Gasteiger partial charge in [0.2, 0.25) is 11.8 Å². The molecule has 0 aliphatic heterocycles. The van der Waals surface area contributed by atoms with Gasteiger partial charge in [0.1, 0.15) is 5.82 Å². The van der Waals surface area contributed by atoms with E-state index in [9.17, 15) is 9.59 Å². The Labute approximate surface area is 148 Å². The number of aromatic nitrogens is 2. The van der Waals surface area contributed by atoms with E-state index in [4.69, 9.17) is 0 Å². The van der Waals surface area contributed by atoms with Crippen LogP contribution in [0.5, 0.6) is 0 Å². The zero-order valence-electron chi connectivity index (χ0n) is 15.4. The fourth-order valence-electron chi connectivity index (χ4n) is 2.59. The van der Waals surface area contributed by atoms with Crippen LogP contribution in [0.1, 0.15) is 52.4 Å². The van der Waals surface area contributed by atoms with Gasteiger partial charge in [0, 0.05) is 5.92 Å². The van der Waals surface area contributed by atoms with Crippen LogP contribution in [0.2, 0.25) is 0 Å². The summed E-state index contributed by atoms with van der Waals surface area (Å²) in [4.78, 5) is 32.1. The number of rotatable bonds is 8. The number of hydrogen-bond donors (Lipinski definition) is 3. The standard InChI is InChI=1S/C19H28N4O2/c1-5-12(3)17(18-21-14-9-7-8-10-15(14)22-18)23-16(24)11-20-19(25)13(4)6-2/h7-10,12-13,17H,5-6,11H2,1-4H3,(H,20,25)(H,21,22)(H,23,24). The first-order valence-electron chi connectivity index (χ1n) is 8.97. The Balaban J connectivity index is 2.07. The molecule has 0 spiro atoms. The zero-order chi connectivity index (χ0) is 18.4. The summed E-state index contributed by atoms with van der Waals surface area (Å²) in [6.07, 6.45) is 1.66. The second kappa shape index (κ2) is 8.65. The monoisotopic (exact) mass is 344 g/mol. The molecule has 0 aliphatic rings. The van der Waals surface area contributed by atoms with Crippen LogP contribution in [0, 0.1) is 11.8 Å². The summed E-state index contributed by atoms with van der Waals surface area (Å²) in [7, 11) is 0. The Morgan fingerprint density at radius 1 is 1.16 bits per heavy atom. The lowest BCUT2D eigenvalue weighted by molar-refractivity contribution is -0.128. The van der Waals surface area contributed by atoms with Gasteiger partial charge in [-0.25, -0.2) is 4.98 Å². The molecule has 0 radical (unpaired) electrons. The Morgan fingerprint density at radius 2 is 1.88 bits per heavy atom. The van der Waals surface area contributed by atoms with Gasteiger partial charge in [-0.15, -0.1) is 0 Å². The maximum absolute atomic E-state index is 12.3. The number of fused-ring (bicyclic) bond motifs is 1. The van der Waals surface area contributed by atoms with Crippen LogP contribution in [0.15, 0.2) is 24.3 Å². The highest BCUT2D eigenvalue weighted by molar-refractivity contribution is 5.85. The molecule has 0 saturated carbocycles. The average Bonchev–Trinajstić information content (AvgIpc) is 3.06. The molecule has 6 heteroatoms. The van der Waals surface area contributed by atoms with Crippen molar-refractivity contribution in [2.24, 2.45) is 11.8 Å². The SMILES string of the molecule is CCC(C)C(=O)NCC(=O)NC(c1nc2ccccc2[nH]1)C(C)CC. The van der Waals surface area contributed by atoms with E-state index in [2.05, 4.69) is 34.4 Å². The van der Waals surface area contributed by atoms with E-state index in [1.54, 1.807) is 0 Å². The number of para-hydroxylation sites is 2. The molecule has 0 fully saturated rings. The van der Waals surface area contributed by atoms with Crippen molar-refractivity contribution in [2.75, 3.05) is 6.54 Å². The van der Waals surface area contributed by atoms with Crippen molar-refractivity contribution < 1.29 is 9.59 Å². The minimum atomic E-state index is -0.217. The van der Waals surface area contributed by atoms with Crippen LogP contribution in [0.25, 0.3) is 11.0 Å². The Kier molecular flexibility index (Phi) is 6.56. The zero-order valence-corrected chi connectivity index (χ0v) is 15.4.